The van der Waals surface area contributed by atoms with Crippen molar-refractivity contribution in [2.45, 2.75) is 26.0 Å². The number of hydrogen-bond acceptors (Lipinski definition) is 5. The molecule has 1 N–H and O–H groups in total. The van der Waals surface area contributed by atoms with E-state index in [-0.39, 0.29) is 6.04 Å². The number of nitrogens with one attached hydrogen (secondary N) is 1. The molecule has 0 saturated carbocycles. The van der Waals surface area contributed by atoms with E-state index in [1.54, 1.807) is 11.3 Å². The highest BCUT2D eigenvalue weighted by Crippen LogP contribution is 2.28. The molecule has 0 radical (unpaired) electrons. The molecule has 2 aromatic rings. The molecule has 0 amide bonds. The standard InChI is InChI=1S/C13H15N3OS/c1-2-12-15-16-13(18-12)14-11-8-17-7-9-5-3-4-6-10(9)11/h3-6,11H,2,7-8H2,1H3,(H,14,16). The monoisotopic (exact) mass is 261 g/mol. The van der Waals surface area contributed by atoms with E-state index in [2.05, 4.69) is 40.6 Å². The van der Waals surface area contributed by atoms with E-state index in [4.69, 9.17) is 4.74 Å². The molecule has 0 fully saturated rings. The van der Waals surface area contributed by atoms with Gasteiger partial charge in [-0.25, -0.2) is 0 Å². The number of aromatic nitrogens is 2. The zero-order valence-corrected chi connectivity index (χ0v) is 11.0. The zero-order valence-electron chi connectivity index (χ0n) is 10.2. The lowest BCUT2D eigenvalue weighted by Gasteiger charge is -2.26. The summed E-state index contributed by atoms with van der Waals surface area (Å²) in [5.74, 6) is 0. The van der Waals surface area contributed by atoms with Gasteiger partial charge in [0.25, 0.3) is 0 Å². The Balaban J connectivity index is 1.81. The zero-order chi connectivity index (χ0) is 12.4. The first-order chi connectivity index (χ1) is 8.86. The van der Waals surface area contributed by atoms with Crippen LogP contribution in [0.3, 0.4) is 0 Å². The third-order valence-electron chi connectivity index (χ3n) is 3.04. The summed E-state index contributed by atoms with van der Waals surface area (Å²) in [4.78, 5) is 0. The highest BCUT2D eigenvalue weighted by molar-refractivity contribution is 7.15. The Morgan fingerprint density at radius 3 is 3.11 bits per heavy atom. The fourth-order valence-corrected chi connectivity index (χ4v) is 2.84. The number of anilines is 1. The Morgan fingerprint density at radius 1 is 1.39 bits per heavy atom. The van der Waals surface area contributed by atoms with Crippen molar-refractivity contribution < 1.29 is 4.74 Å². The van der Waals surface area contributed by atoms with Gasteiger partial charge in [0.05, 0.1) is 19.3 Å². The first-order valence-electron chi connectivity index (χ1n) is 6.11. The van der Waals surface area contributed by atoms with Gasteiger partial charge in [-0.1, -0.05) is 42.5 Å². The average molecular weight is 261 g/mol. The molecular weight excluding hydrogens is 246 g/mol. The van der Waals surface area contributed by atoms with Crippen LogP contribution in [-0.4, -0.2) is 16.8 Å². The molecule has 1 aliphatic rings. The lowest BCUT2D eigenvalue weighted by molar-refractivity contribution is 0.0970. The van der Waals surface area contributed by atoms with Crippen LogP contribution in [0.5, 0.6) is 0 Å². The van der Waals surface area contributed by atoms with E-state index in [0.29, 0.717) is 13.2 Å². The fraction of sp³-hybridized carbons (Fsp3) is 0.385. The molecule has 1 atom stereocenters. The summed E-state index contributed by atoms with van der Waals surface area (Å²) in [6, 6.07) is 8.55. The van der Waals surface area contributed by atoms with Crippen molar-refractivity contribution in [2.75, 3.05) is 11.9 Å². The first-order valence-corrected chi connectivity index (χ1v) is 6.93. The summed E-state index contributed by atoms with van der Waals surface area (Å²) in [5, 5.41) is 13.6. The van der Waals surface area contributed by atoms with Gasteiger partial charge in [-0.3, -0.25) is 0 Å². The van der Waals surface area contributed by atoms with E-state index >= 15 is 0 Å². The molecule has 3 rings (SSSR count). The van der Waals surface area contributed by atoms with Gasteiger partial charge >= 0.3 is 0 Å². The van der Waals surface area contributed by atoms with Gasteiger partial charge in [0.2, 0.25) is 5.13 Å². The average Bonchev–Trinajstić information content (AvgIpc) is 2.87. The molecule has 0 bridgehead atoms. The van der Waals surface area contributed by atoms with Crippen molar-refractivity contribution in [3.63, 3.8) is 0 Å². The van der Waals surface area contributed by atoms with Gasteiger partial charge in [-0.2, -0.15) is 0 Å². The van der Waals surface area contributed by atoms with Crippen molar-refractivity contribution in [3.05, 3.63) is 40.4 Å². The molecule has 0 spiro atoms. The van der Waals surface area contributed by atoms with Crippen LogP contribution in [0.2, 0.25) is 0 Å². The van der Waals surface area contributed by atoms with Crippen LogP contribution in [0.25, 0.3) is 0 Å². The summed E-state index contributed by atoms with van der Waals surface area (Å²) >= 11 is 1.61. The van der Waals surface area contributed by atoms with Crippen molar-refractivity contribution >= 4 is 16.5 Å². The second-order valence-electron chi connectivity index (χ2n) is 4.27. The van der Waals surface area contributed by atoms with Crippen LogP contribution in [0.15, 0.2) is 24.3 Å². The molecule has 5 heteroatoms. The van der Waals surface area contributed by atoms with E-state index < -0.39 is 0 Å². The Hall–Kier alpha value is -1.46. The number of rotatable bonds is 3. The SMILES string of the molecule is CCc1nnc(NC2COCc3ccccc32)s1. The second kappa shape index (κ2) is 5.04. The van der Waals surface area contributed by atoms with Crippen LogP contribution < -0.4 is 5.32 Å². The molecule has 1 aromatic heterocycles. The van der Waals surface area contributed by atoms with E-state index in [0.717, 1.165) is 16.6 Å². The maximum atomic E-state index is 5.61. The van der Waals surface area contributed by atoms with Crippen LogP contribution in [0.1, 0.15) is 29.1 Å². The van der Waals surface area contributed by atoms with Gasteiger partial charge in [-0.15, -0.1) is 10.2 Å². The lowest BCUT2D eigenvalue weighted by atomic mass is 9.99. The van der Waals surface area contributed by atoms with Crippen molar-refractivity contribution in [2.24, 2.45) is 0 Å². The summed E-state index contributed by atoms with van der Waals surface area (Å²) in [6.45, 7) is 3.46. The minimum absolute atomic E-state index is 0.174. The topological polar surface area (TPSA) is 47.0 Å². The molecule has 0 saturated heterocycles. The van der Waals surface area contributed by atoms with Gasteiger partial charge in [0.1, 0.15) is 5.01 Å². The van der Waals surface area contributed by atoms with Gasteiger partial charge in [0.15, 0.2) is 0 Å². The van der Waals surface area contributed by atoms with Gasteiger partial charge in [0, 0.05) is 0 Å². The van der Waals surface area contributed by atoms with Crippen molar-refractivity contribution in [1.29, 1.82) is 0 Å². The lowest BCUT2D eigenvalue weighted by Crippen LogP contribution is -2.23. The summed E-state index contributed by atoms with van der Waals surface area (Å²) in [7, 11) is 0. The highest BCUT2D eigenvalue weighted by Gasteiger charge is 2.21. The maximum Gasteiger partial charge on any atom is 0.206 e. The molecule has 94 valence electrons. The number of hydrogen-bond donors (Lipinski definition) is 1. The van der Waals surface area contributed by atoms with Crippen LogP contribution >= 0.6 is 11.3 Å². The summed E-state index contributed by atoms with van der Waals surface area (Å²) < 4.78 is 5.61. The molecular formula is C13H15N3OS. The molecule has 18 heavy (non-hydrogen) atoms. The number of fused-ring (bicyclic) bond motifs is 1. The van der Waals surface area contributed by atoms with Crippen molar-refractivity contribution in [1.82, 2.24) is 10.2 Å². The van der Waals surface area contributed by atoms with Gasteiger partial charge < -0.3 is 10.1 Å². The molecule has 1 aliphatic heterocycles. The van der Waals surface area contributed by atoms with E-state index in [1.165, 1.54) is 11.1 Å². The van der Waals surface area contributed by atoms with Crippen molar-refractivity contribution in [3.8, 4) is 0 Å². The fourth-order valence-electron chi connectivity index (χ4n) is 2.11. The molecule has 4 nitrogen and oxygen atoms in total. The first kappa shape index (κ1) is 11.6. The molecule has 2 heterocycles. The van der Waals surface area contributed by atoms with Crippen LogP contribution in [-0.2, 0) is 17.8 Å². The summed E-state index contributed by atoms with van der Waals surface area (Å²) in [5.41, 5.74) is 2.55. The van der Waals surface area contributed by atoms with Crippen LogP contribution in [0.4, 0.5) is 5.13 Å². The maximum absolute atomic E-state index is 5.61. The Kier molecular flexibility index (Phi) is 3.25. The van der Waals surface area contributed by atoms with Gasteiger partial charge in [-0.05, 0) is 17.5 Å². The predicted octanol–water partition coefficient (Wildman–Crippen LogP) is 2.78. The quantitative estimate of drug-likeness (QED) is 0.923. The largest absolute Gasteiger partial charge is 0.374 e. The smallest absolute Gasteiger partial charge is 0.206 e. The molecule has 1 unspecified atom stereocenters. The number of benzene rings is 1. The number of nitrogens with zero attached hydrogens (tertiary/aromatic N) is 2. The Morgan fingerprint density at radius 2 is 2.28 bits per heavy atom. The third-order valence-corrected chi connectivity index (χ3v) is 4.04. The normalized spacial score (nSPS) is 18.4. The summed E-state index contributed by atoms with van der Waals surface area (Å²) in [6.07, 6.45) is 0.928. The Bertz CT molecular complexity index is 541. The predicted molar refractivity (Wildman–Crippen MR) is 71.7 cm³/mol. The minimum atomic E-state index is 0.174. The number of ether oxygens (including phenoxy) is 1. The molecule has 1 aromatic carbocycles. The Labute approximate surface area is 110 Å². The van der Waals surface area contributed by atoms with E-state index in [9.17, 15) is 0 Å². The second-order valence-corrected chi connectivity index (χ2v) is 5.33. The highest BCUT2D eigenvalue weighted by atomic mass is 32.1. The number of aryl methyl sites for hydroxylation is 1. The molecule has 0 aliphatic carbocycles. The van der Waals surface area contributed by atoms with E-state index in [1.807, 2.05) is 6.07 Å². The minimum Gasteiger partial charge on any atom is -0.374 e. The van der Waals surface area contributed by atoms with Crippen LogP contribution in [0, 0.1) is 0 Å². The third kappa shape index (κ3) is 2.23.